The van der Waals surface area contributed by atoms with E-state index in [0.29, 0.717) is 24.3 Å². The van der Waals surface area contributed by atoms with E-state index in [-0.39, 0.29) is 22.8 Å². The van der Waals surface area contributed by atoms with Crippen molar-refractivity contribution in [2.75, 3.05) is 18.0 Å². The van der Waals surface area contributed by atoms with Crippen LogP contribution in [0.4, 0.5) is 10.1 Å². The molecule has 1 fully saturated rings. The molecule has 1 aromatic carbocycles. The molecule has 20 heavy (non-hydrogen) atoms. The topological polar surface area (TPSA) is 29.5 Å². The SMILES string of the molecule is CC(=O)c1ccc(N2CC(C)(C)OC(C)(C)C2)c(F)c1. The van der Waals surface area contributed by atoms with E-state index < -0.39 is 0 Å². The van der Waals surface area contributed by atoms with Gasteiger partial charge in [-0.3, -0.25) is 4.79 Å². The van der Waals surface area contributed by atoms with Crippen molar-refractivity contribution < 1.29 is 13.9 Å². The molecular formula is C16H22FNO2. The van der Waals surface area contributed by atoms with E-state index in [9.17, 15) is 9.18 Å². The minimum atomic E-state index is -0.355. The average Bonchev–Trinajstić information content (AvgIpc) is 2.24. The van der Waals surface area contributed by atoms with E-state index in [1.807, 2.05) is 32.6 Å². The highest BCUT2D eigenvalue weighted by Crippen LogP contribution is 2.32. The first-order chi connectivity index (χ1) is 9.10. The zero-order chi connectivity index (χ0) is 15.1. The Balaban J connectivity index is 2.34. The molecule has 0 aliphatic carbocycles. The Bertz CT molecular complexity index is 521. The number of ether oxygens (including phenoxy) is 1. The van der Waals surface area contributed by atoms with Gasteiger partial charge in [0.05, 0.1) is 16.9 Å². The molecule has 110 valence electrons. The summed E-state index contributed by atoms with van der Waals surface area (Å²) in [5, 5.41) is 0. The van der Waals surface area contributed by atoms with Gasteiger partial charge < -0.3 is 9.64 Å². The molecule has 0 unspecified atom stereocenters. The van der Waals surface area contributed by atoms with Gasteiger partial charge in [0, 0.05) is 18.7 Å². The fourth-order valence-electron chi connectivity index (χ4n) is 2.94. The molecule has 0 bridgehead atoms. The highest BCUT2D eigenvalue weighted by atomic mass is 19.1. The van der Waals surface area contributed by atoms with Crippen molar-refractivity contribution in [1.82, 2.24) is 0 Å². The Morgan fingerprint density at radius 1 is 1.20 bits per heavy atom. The van der Waals surface area contributed by atoms with Gasteiger partial charge in [-0.05, 0) is 52.8 Å². The monoisotopic (exact) mass is 279 g/mol. The molecule has 2 rings (SSSR count). The molecule has 0 radical (unpaired) electrons. The third-order valence-corrected chi connectivity index (χ3v) is 3.39. The molecule has 3 nitrogen and oxygen atoms in total. The highest BCUT2D eigenvalue weighted by molar-refractivity contribution is 5.94. The summed E-state index contributed by atoms with van der Waals surface area (Å²) in [6, 6.07) is 4.67. The number of anilines is 1. The third-order valence-electron chi connectivity index (χ3n) is 3.39. The number of carbonyl (C=O) groups is 1. The largest absolute Gasteiger partial charge is 0.366 e. The summed E-state index contributed by atoms with van der Waals surface area (Å²) in [5.41, 5.74) is 0.249. The first-order valence-electron chi connectivity index (χ1n) is 6.85. The van der Waals surface area contributed by atoms with Gasteiger partial charge in [-0.2, -0.15) is 0 Å². The van der Waals surface area contributed by atoms with E-state index in [0.717, 1.165) is 0 Å². The van der Waals surface area contributed by atoms with Gasteiger partial charge in [-0.15, -0.1) is 0 Å². The number of benzene rings is 1. The molecule has 0 N–H and O–H groups in total. The standard InChI is InChI=1S/C16H22FNO2/c1-11(19)12-6-7-14(13(17)8-12)18-9-15(2,3)20-16(4,5)10-18/h6-8H,9-10H2,1-5H3. The third kappa shape index (κ3) is 3.18. The van der Waals surface area contributed by atoms with E-state index >= 15 is 0 Å². The van der Waals surface area contributed by atoms with Gasteiger partial charge in [-0.25, -0.2) is 4.39 Å². The van der Waals surface area contributed by atoms with Crippen LogP contribution in [-0.2, 0) is 4.74 Å². The van der Waals surface area contributed by atoms with E-state index in [1.165, 1.54) is 13.0 Å². The number of hydrogen-bond acceptors (Lipinski definition) is 3. The summed E-state index contributed by atoms with van der Waals surface area (Å²) in [6.45, 7) is 10.7. The smallest absolute Gasteiger partial charge is 0.159 e. The fourth-order valence-corrected chi connectivity index (χ4v) is 2.94. The van der Waals surface area contributed by atoms with E-state index in [2.05, 4.69) is 0 Å². The van der Waals surface area contributed by atoms with E-state index in [1.54, 1.807) is 12.1 Å². The Labute approximate surface area is 119 Å². The lowest BCUT2D eigenvalue weighted by Gasteiger charge is -2.48. The number of Topliss-reactive ketones (excluding diaryl/α,β-unsaturated/α-hetero) is 1. The van der Waals surface area contributed by atoms with Crippen molar-refractivity contribution >= 4 is 11.5 Å². The quantitative estimate of drug-likeness (QED) is 0.777. The van der Waals surface area contributed by atoms with Crippen LogP contribution >= 0.6 is 0 Å². The van der Waals surface area contributed by atoms with Gasteiger partial charge in [-0.1, -0.05) is 0 Å². The average molecular weight is 279 g/mol. The molecule has 1 aliphatic rings. The van der Waals surface area contributed by atoms with Crippen molar-refractivity contribution in [2.45, 2.75) is 45.8 Å². The molecule has 4 heteroatoms. The van der Waals surface area contributed by atoms with Gasteiger partial charge in [0.25, 0.3) is 0 Å². The van der Waals surface area contributed by atoms with Gasteiger partial charge in [0.1, 0.15) is 5.82 Å². The molecule has 1 aliphatic heterocycles. The van der Waals surface area contributed by atoms with Crippen molar-refractivity contribution in [2.24, 2.45) is 0 Å². The summed E-state index contributed by atoms with van der Waals surface area (Å²) >= 11 is 0. The number of nitrogens with zero attached hydrogens (tertiary/aromatic N) is 1. The minimum Gasteiger partial charge on any atom is -0.366 e. The predicted molar refractivity (Wildman–Crippen MR) is 77.9 cm³/mol. The zero-order valence-corrected chi connectivity index (χ0v) is 12.8. The van der Waals surface area contributed by atoms with Crippen LogP contribution in [0.15, 0.2) is 18.2 Å². The number of morpholine rings is 1. The number of halogens is 1. The van der Waals surface area contributed by atoms with Crippen molar-refractivity contribution in [1.29, 1.82) is 0 Å². The lowest BCUT2D eigenvalue weighted by molar-refractivity contribution is -0.133. The molecule has 1 aromatic rings. The summed E-state index contributed by atoms with van der Waals surface area (Å²) < 4.78 is 20.3. The van der Waals surface area contributed by atoms with Crippen LogP contribution in [0.25, 0.3) is 0 Å². The molecule has 0 atom stereocenters. The molecular weight excluding hydrogens is 257 g/mol. The van der Waals surface area contributed by atoms with Gasteiger partial charge in [0.15, 0.2) is 5.78 Å². The Morgan fingerprint density at radius 2 is 1.75 bits per heavy atom. The van der Waals surface area contributed by atoms with Crippen LogP contribution in [0.2, 0.25) is 0 Å². The first kappa shape index (κ1) is 15.0. The van der Waals surface area contributed by atoms with Crippen LogP contribution in [-0.4, -0.2) is 30.1 Å². The number of carbonyl (C=O) groups excluding carboxylic acids is 1. The number of hydrogen-bond donors (Lipinski definition) is 0. The maximum atomic E-state index is 14.3. The Morgan fingerprint density at radius 3 is 2.20 bits per heavy atom. The Kier molecular flexibility index (Phi) is 3.63. The summed E-state index contributed by atoms with van der Waals surface area (Å²) in [4.78, 5) is 13.3. The lowest BCUT2D eigenvalue weighted by atomic mass is 9.98. The number of ketones is 1. The molecule has 0 spiro atoms. The predicted octanol–water partition coefficient (Wildman–Crippen LogP) is 3.42. The van der Waals surface area contributed by atoms with Crippen LogP contribution in [0.5, 0.6) is 0 Å². The van der Waals surface area contributed by atoms with Gasteiger partial charge in [0.2, 0.25) is 0 Å². The second kappa shape index (κ2) is 4.85. The highest BCUT2D eigenvalue weighted by Gasteiger charge is 2.38. The van der Waals surface area contributed by atoms with Crippen molar-refractivity contribution in [3.63, 3.8) is 0 Å². The molecule has 0 aromatic heterocycles. The summed E-state index contributed by atoms with van der Waals surface area (Å²) in [6.07, 6.45) is 0. The second-order valence-electron chi connectivity index (χ2n) is 6.70. The van der Waals surface area contributed by atoms with Crippen molar-refractivity contribution in [3.8, 4) is 0 Å². The van der Waals surface area contributed by atoms with Crippen molar-refractivity contribution in [3.05, 3.63) is 29.6 Å². The maximum absolute atomic E-state index is 14.3. The van der Waals surface area contributed by atoms with Crippen LogP contribution in [0, 0.1) is 5.82 Å². The minimum absolute atomic E-state index is 0.127. The molecule has 1 saturated heterocycles. The second-order valence-corrected chi connectivity index (χ2v) is 6.70. The van der Waals surface area contributed by atoms with Crippen LogP contribution < -0.4 is 4.90 Å². The zero-order valence-electron chi connectivity index (χ0n) is 12.8. The number of rotatable bonds is 2. The first-order valence-corrected chi connectivity index (χ1v) is 6.85. The molecule has 1 heterocycles. The normalized spacial score (nSPS) is 20.8. The fraction of sp³-hybridized carbons (Fsp3) is 0.562. The Hall–Kier alpha value is -1.42. The molecule has 0 amide bonds. The lowest BCUT2D eigenvalue weighted by Crippen LogP contribution is -2.57. The van der Waals surface area contributed by atoms with E-state index in [4.69, 9.17) is 4.74 Å². The summed E-state index contributed by atoms with van der Waals surface area (Å²) in [7, 11) is 0. The van der Waals surface area contributed by atoms with Crippen LogP contribution in [0.1, 0.15) is 45.0 Å². The van der Waals surface area contributed by atoms with Crippen LogP contribution in [0.3, 0.4) is 0 Å². The van der Waals surface area contributed by atoms with Gasteiger partial charge >= 0.3 is 0 Å². The summed E-state index contributed by atoms with van der Waals surface area (Å²) in [5.74, 6) is -0.482. The molecule has 0 saturated carbocycles. The maximum Gasteiger partial charge on any atom is 0.159 e.